The lowest BCUT2D eigenvalue weighted by Crippen LogP contribution is -2.17. The van der Waals surface area contributed by atoms with Crippen LogP contribution in [0.25, 0.3) is 11.3 Å². The second-order valence-electron chi connectivity index (χ2n) is 5.12. The molecule has 0 saturated heterocycles. The van der Waals surface area contributed by atoms with Crippen LogP contribution in [0.4, 0.5) is 0 Å². The predicted octanol–water partition coefficient (Wildman–Crippen LogP) is 3.50. The minimum Gasteiger partial charge on any atom is -0.496 e. The number of rotatable bonds is 5. The number of carbonyl (C=O) groups is 1. The summed E-state index contributed by atoms with van der Waals surface area (Å²) in [6.07, 6.45) is 1.53. The maximum Gasteiger partial charge on any atom is 0.289 e. The van der Waals surface area contributed by atoms with Crippen LogP contribution in [-0.2, 0) is 0 Å². The molecule has 1 aromatic heterocycles. The zero-order valence-electron chi connectivity index (χ0n) is 13.4. The SMILES string of the molecule is COc1ccccc1-c1cc(C(=O)NN=Cc2ccc(Cl)cc2)[nH]n1. The van der Waals surface area contributed by atoms with Crippen LogP contribution in [0.3, 0.4) is 0 Å². The van der Waals surface area contributed by atoms with Crippen LogP contribution in [0.1, 0.15) is 16.1 Å². The third-order valence-corrected chi connectivity index (χ3v) is 3.71. The molecule has 7 heteroatoms. The summed E-state index contributed by atoms with van der Waals surface area (Å²) >= 11 is 5.82. The molecule has 1 heterocycles. The fraction of sp³-hybridized carbons (Fsp3) is 0.0556. The minimum atomic E-state index is -0.390. The van der Waals surface area contributed by atoms with Gasteiger partial charge in [0, 0.05) is 10.6 Å². The van der Waals surface area contributed by atoms with Gasteiger partial charge < -0.3 is 4.74 Å². The van der Waals surface area contributed by atoms with E-state index < -0.39 is 0 Å². The Labute approximate surface area is 149 Å². The maximum atomic E-state index is 12.1. The first-order valence-electron chi connectivity index (χ1n) is 7.45. The van der Waals surface area contributed by atoms with Crippen molar-refractivity contribution in [2.75, 3.05) is 7.11 Å². The zero-order chi connectivity index (χ0) is 17.6. The second-order valence-corrected chi connectivity index (χ2v) is 5.55. The second kappa shape index (κ2) is 7.63. The van der Waals surface area contributed by atoms with Crippen molar-refractivity contribution in [2.45, 2.75) is 0 Å². The number of ether oxygens (including phenoxy) is 1. The number of hydrogen-bond donors (Lipinski definition) is 2. The molecule has 0 atom stereocenters. The lowest BCUT2D eigenvalue weighted by atomic mass is 10.1. The van der Waals surface area contributed by atoms with Crippen molar-refractivity contribution in [1.29, 1.82) is 0 Å². The molecular weight excluding hydrogens is 340 g/mol. The molecule has 0 radical (unpaired) electrons. The summed E-state index contributed by atoms with van der Waals surface area (Å²) in [4.78, 5) is 12.1. The Kier molecular flexibility index (Phi) is 5.11. The molecule has 0 saturated carbocycles. The van der Waals surface area contributed by atoms with E-state index in [1.807, 2.05) is 24.3 Å². The number of hydrazone groups is 1. The van der Waals surface area contributed by atoms with Crippen LogP contribution >= 0.6 is 11.6 Å². The van der Waals surface area contributed by atoms with E-state index in [4.69, 9.17) is 16.3 Å². The third-order valence-electron chi connectivity index (χ3n) is 3.46. The van der Waals surface area contributed by atoms with E-state index in [0.29, 0.717) is 22.2 Å². The highest BCUT2D eigenvalue weighted by Gasteiger charge is 2.13. The minimum absolute atomic E-state index is 0.300. The smallest absolute Gasteiger partial charge is 0.289 e. The topological polar surface area (TPSA) is 79.4 Å². The molecule has 0 unspecified atom stereocenters. The van der Waals surface area contributed by atoms with Gasteiger partial charge >= 0.3 is 0 Å². The third kappa shape index (κ3) is 4.05. The molecule has 2 N–H and O–H groups in total. The molecule has 0 aliphatic carbocycles. The highest BCUT2D eigenvalue weighted by Crippen LogP contribution is 2.28. The number of nitrogens with zero attached hydrogens (tertiary/aromatic N) is 2. The van der Waals surface area contributed by atoms with Crippen LogP contribution in [0.5, 0.6) is 5.75 Å². The molecule has 3 rings (SSSR count). The molecule has 0 fully saturated rings. The number of aromatic amines is 1. The summed E-state index contributed by atoms with van der Waals surface area (Å²) in [5, 5.41) is 11.4. The van der Waals surface area contributed by atoms with Gasteiger partial charge in [-0.25, -0.2) is 5.43 Å². The summed E-state index contributed by atoms with van der Waals surface area (Å²) in [7, 11) is 1.59. The van der Waals surface area contributed by atoms with Gasteiger partial charge in [0.05, 0.1) is 19.0 Å². The molecule has 0 bridgehead atoms. The molecule has 3 aromatic rings. The average molecular weight is 355 g/mol. The highest BCUT2D eigenvalue weighted by molar-refractivity contribution is 6.30. The number of hydrogen-bond acceptors (Lipinski definition) is 4. The number of H-pyrrole nitrogens is 1. The Morgan fingerprint density at radius 3 is 2.76 bits per heavy atom. The van der Waals surface area contributed by atoms with Gasteiger partial charge in [-0.05, 0) is 35.9 Å². The number of halogens is 1. The molecule has 0 spiro atoms. The van der Waals surface area contributed by atoms with Gasteiger partial charge in [0.1, 0.15) is 11.4 Å². The molecule has 0 aliphatic rings. The number of amides is 1. The van der Waals surface area contributed by atoms with Crippen LogP contribution in [-0.4, -0.2) is 29.4 Å². The summed E-state index contributed by atoms with van der Waals surface area (Å²) < 4.78 is 5.30. The fourth-order valence-electron chi connectivity index (χ4n) is 2.21. The number of nitrogens with one attached hydrogen (secondary N) is 2. The van der Waals surface area contributed by atoms with E-state index in [1.54, 1.807) is 37.4 Å². The number of aromatic nitrogens is 2. The first-order chi connectivity index (χ1) is 12.2. The van der Waals surface area contributed by atoms with Crippen molar-refractivity contribution in [3.05, 3.63) is 70.9 Å². The van der Waals surface area contributed by atoms with Crippen molar-refractivity contribution >= 4 is 23.7 Å². The summed E-state index contributed by atoms with van der Waals surface area (Å²) in [6.45, 7) is 0. The number of para-hydroxylation sites is 1. The van der Waals surface area contributed by atoms with E-state index in [9.17, 15) is 4.79 Å². The van der Waals surface area contributed by atoms with Crippen molar-refractivity contribution in [2.24, 2.45) is 5.10 Å². The maximum absolute atomic E-state index is 12.1. The zero-order valence-corrected chi connectivity index (χ0v) is 14.1. The van der Waals surface area contributed by atoms with Crippen molar-refractivity contribution in [3.63, 3.8) is 0 Å². The number of carbonyl (C=O) groups excluding carboxylic acids is 1. The molecule has 126 valence electrons. The van der Waals surface area contributed by atoms with Crippen LogP contribution in [0.2, 0.25) is 5.02 Å². The largest absolute Gasteiger partial charge is 0.496 e. The summed E-state index contributed by atoms with van der Waals surface area (Å²) in [5.41, 5.74) is 4.99. The van der Waals surface area contributed by atoms with Crippen LogP contribution in [0, 0.1) is 0 Å². The normalized spacial score (nSPS) is 10.8. The molecule has 2 aromatic carbocycles. The summed E-state index contributed by atoms with van der Waals surface area (Å²) in [6, 6.07) is 16.2. The first-order valence-corrected chi connectivity index (χ1v) is 7.83. The Balaban J connectivity index is 1.69. The Hall–Kier alpha value is -3.12. The lowest BCUT2D eigenvalue weighted by Gasteiger charge is -2.04. The molecule has 6 nitrogen and oxygen atoms in total. The van der Waals surface area contributed by atoms with Gasteiger partial charge in [0.15, 0.2) is 0 Å². The van der Waals surface area contributed by atoms with Gasteiger partial charge in [-0.3, -0.25) is 9.89 Å². The molecule has 25 heavy (non-hydrogen) atoms. The van der Waals surface area contributed by atoms with Gasteiger partial charge in [-0.15, -0.1) is 0 Å². The Bertz CT molecular complexity index is 903. The predicted molar refractivity (Wildman–Crippen MR) is 97.1 cm³/mol. The van der Waals surface area contributed by atoms with E-state index in [0.717, 1.165) is 11.1 Å². The number of methoxy groups -OCH3 is 1. The van der Waals surface area contributed by atoms with Crippen molar-refractivity contribution < 1.29 is 9.53 Å². The van der Waals surface area contributed by atoms with E-state index in [2.05, 4.69) is 20.7 Å². The molecule has 0 aliphatic heterocycles. The molecular formula is C18H15ClN4O2. The van der Waals surface area contributed by atoms with Gasteiger partial charge in [0.25, 0.3) is 5.91 Å². The van der Waals surface area contributed by atoms with E-state index >= 15 is 0 Å². The van der Waals surface area contributed by atoms with Gasteiger partial charge in [0.2, 0.25) is 0 Å². The van der Waals surface area contributed by atoms with Gasteiger partial charge in [-0.1, -0.05) is 35.9 Å². The van der Waals surface area contributed by atoms with Crippen LogP contribution < -0.4 is 10.2 Å². The fourth-order valence-corrected chi connectivity index (χ4v) is 2.33. The lowest BCUT2D eigenvalue weighted by molar-refractivity contribution is 0.0950. The van der Waals surface area contributed by atoms with Crippen molar-refractivity contribution in [3.8, 4) is 17.0 Å². The van der Waals surface area contributed by atoms with E-state index in [-0.39, 0.29) is 5.91 Å². The average Bonchev–Trinajstić information content (AvgIpc) is 3.13. The molecule has 1 amide bonds. The van der Waals surface area contributed by atoms with Crippen molar-refractivity contribution in [1.82, 2.24) is 15.6 Å². The number of benzene rings is 2. The van der Waals surface area contributed by atoms with Gasteiger partial charge in [-0.2, -0.15) is 10.2 Å². The Morgan fingerprint density at radius 1 is 1.24 bits per heavy atom. The highest BCUT2D eigenvalue weighted by atomic mass is 35.5. The Morgan fingerprint density at radius 2 is 2.00 bits per heavy atom. The first kappa shape index (κ1) is 16.7. The van der Waals surface area contributed by atoms with Crippen LogP contribution in [0.15, 0.2) is 59.7 Å². The van der Waals surface area contributed by atoms with E-state index in [1.165, 1.54) is 6.21 Å². The monoisotopic (exact) mass is 354 g/mol. The quantitative estimate of drug-likeness (QED) is 0.543. The standard InChI is InChI=1S/C18H15ClN4O2/c1-25-17-5-3-2-4-14(17)15-10-16(22-21-15)18(24)23-20-11-12-6-8-13(19)9-7-12/h2-11H,1H3,(H,21,22)(H,23,24). The summed E-state index contributed by atoms with van der Waals surface area (Å²) in [5.74, 6) is 0.292.